The number of anilines is 1. The largest absolute Gasteiger partial charge is 0.491 e. The average Bonchev–Trinajstić information content (AvgIpc) is 3.31. The molecule has 1 aromatic heterocycles. The first-order valence-electron chi connectivity index (χ1n) is 9.89. The van der Waals surface area contributed by atoms with Crippen molar-refractivity contribution in [1.82, 2.24) is 10.1 Å². The molecule has 29 heavy (non-hydrogen) atoms. The maximum absolute atomic E-state index is 12.6. The quantitative estimate of drug-likeness (QED) is 0.633. The van der Waals surface area contributed by atoms with Crippen LogP contribution in [0.2, 0.25) is 0 Å². The molecular formula is C23H25N3O3. The van der Waals surface area contributed by atoms with E-state index in [1.54, 1.807) is 4.90 Å². The molecule has 6 heteroatoms. The van der Waals surface area contributed by atoms with Gasteiger partial charge in [-0.25, -0.2) is 0 Å². The summed E-state index contributed by atoms with van der Waals surface area (Å²) in [5.41, 5.74) is 4.15. The van der Waals surface area contributed by atoms with Crippen LogP contribution < -0.4 is 9.64 Å². The van der Waals surface area contributed by atoms with E-state index in [9.17, 15) is 4.79 Å². The Bertz CT molecular complexity index is 1020. The highest BCUT2D eigenvalue weighted by molar-refractivity contribution is 5.96. The molecule has 0 bridgehead atoms. The highest BCUT2D eigenvalue weighted by Crippen LogP contribution is 2.33. The molecule has 0 unspecified atom stereocenters. The number of aromatic nitrogens is 2. The van der Waals surface area contributed by atoms with Crippen molar-refractivity contribution in [3.05, 3.63) is 59.5 Å². The lowest BCUT2D eigenvalue weighted by Gasteiger charge is -2.17. The summed E-state index contributed by atoms with van der Waals surface area (Å²) in [6.07, 6.45) is 0.494. The molecule has 1 aliphatic heterocycles. The second-order valence-electron chi connectivity index (χ2n) is 7.82. The number of aryl methyl sites for hydroxylation is 2. The number of hydrogen-bond acceptors (Lipinski definition) is 5. The fourth-order valence-corrected chi connectivity index (χ4v) is 3.49. The Morgan fingerprint density at radius 2 is 1.86 bits per heavy atom. The third kappa shape index (κ3) is 4.01. The van der Waals surface area contributed by atoms with Gasteiger partial charge in [-0.05, 0) is 75.2 Å². The van der Waals surface area contributed by atoms with Gasteiger partial charge in [0.2, 0.25) is 17.6 Å². The number of amides is 1. The molecule has 1 fully saturated rings. The summed E-state index contributed by atoms with van der Waals surface area (Å²) in [5, 5.41) is 4.11. The number of rotatable bonds is 5. The van der Waals surface area contributed by atoms with Gasteiger partial charge >= 0.3 is 0 Å². The zero-order valence-corrected chi connectivity index (χ0v) is 17.2. The summed E-state index contributed by atoms with van der Waals surface area (Å²) in [5.74, 6) is 1.80. The molecule has 1 atom stereocenters. The van der Waals surface area contributed by atoms with Gasteiger partial charge in [0.25, 0.3) is 0 Å². The van der Waals surface area contributed by atoms with Crippen molar-refractivity contribution < 1.29 is 14.1 Å². The Labute approximate surface area is 170 Å². The van der Waals surface area contributed by atoms with E-state index in [1.165, 1.54) is 11.1 Å². The lowest BCUT2D eigenvalue weighted by Crippen LogP contribution is -2.24. The molecule has 2 aromatic carbocycles. The Hall–Kier alpha value is -3.15. The van der Waals surface area contributed by atoms with E-state index >= 15 is 0 Å². The number of benzene rings is 2. The zero-order valence-electron chi connectivity index (χ0n) is 17.2. The average molecular weight is 391 g/mol. The van der Waals surface area contributed by atoms with Crippen LogP contribution in [0.5, 0.6) is 5.75 Å². The van der Waals surface area contributed by atoms with Gasteiger partial charge in [0, 0.05) is 24.2 Å². The number of carbonyl (C=O) groups is 1. The molecule has 1 saturated heterocycles. The SMILES string of the molecule is Cc1ccc(N2C[C@@H](c3nc(-c4ccc(OC(C)C)cc4)no3)CC2=O)cc1C. The third-order valence-electron chi connectivity index (χ3n) is 5.20. The van der Waals surface area contributed by atoms with E-state index in [2.05, 4.69) is 30.1 Å². The summed E-state index contributed by atoms with van der Waals surface area (Å²) in [6, 6.07) is 13.7. The first-order chi connectivity index (χ1) is 13.9. The summed E-state index contributed by atoms with van der Waals surface area (Å²) >= 11 is 0. The van der Waals surface area contributed by atoms with Crippen LogP contribution in [0, 0.1) is 13.8 Å². The number of nitrogens with zero attached hydrogens (tertiary/aromatic N) is 3. The topological polar surface area (TPSA) is 68.5 Å². The molecule has 1 amide bonds. The predicted molar refractivity (Wildman–Crippen MR) is 111 cm³/mol. The Kier molecular flexibility index (Phi) is 5.09. The molecule has 2 heterocycles. The van der Waals surface area contributed by atoms with Gasteiger partial charge in [-0.3, -0.25) is 4.79 Å². The summed E-state index contributed by atoms with van der Waals surface area (Å²) < 4.78 is 11.2. The molecule has 3 aromatic rings. The second kappa shape index (κ2) is 7.70. The van der Waals surface area contributed by atoms with E-state index in [-0.39, 0.29) is 17.9 Å². The van der Waals surface area contributed by atoms with Crippen LogP contribution in [0.3, 0.4) is 0 Å². The van der Waals surface area contributed by atoms with Gasteiger partial charge in [-0.1, -0.05) is 11.2 Å². The van der Waals surface area contributed by atoms with E-state index in [4.69, 9.17) is 9.26 Å². The monoisotopic (exact) mass is 391 g/mol. The molecule has 4 rings (SSSR count). The van der Waals surface area contributed by atoms with Crippen molar-refractivity contribution in [3.8, 4) is 17.1 Å². The Morgan fingerprint density at radius 3 is 2.55 bits per heavy atom. The van der Waals surface area contributed by atoms with Gasteiger partial charge in [-0.2, -0.15) is 4.98 Å². The first kappa shape index (κ1) is 19.2. The van der Waals surface area contributed by atoms with Crippen molar-refractivity contribution in [2.75, 3.05) is 11.4 Å². The highest BCUT2D eigenvalue weighted by Gasteiger charge is 2.35. The minimum absolute atomic E-state index is 0.0770. The fourth-order valence-electron chi connectivity index (χ4n) is 3.49. The maximum Gasteiger partial charge on any atom is 0.232 e. The molecule has 6 nitrogen and oxygen atoms in total. The molecule has 0 spiro atoms. The Morgan fingerprint density at radius 1 is 1.10 bits per heavy atom. The maximum atomic E-state index is 12.6. The molecule has 1 aliphatic rings. The standard InChI is InChI=1S/C23H25N3O3/c1-14(2)28-20-9-6-17(7-10-20)22-24-23(29-25-22)18-12-21(27)26(13-18)19-8-5-15(3)16(4)11-19/h5-11,14,18H,12-13H2,1-4H3/t18-/m0/s1. The predicted octanol–water partition coefficient (Wildman–Crippen LogP) is 4.66. The first-order valence-corrected chi connectivity index (χ1v) is 9.89. The molecular weight excluding hydrogens is 366 g/mol. The van der Waals surface area contributed by atoms with Crippen LogP contribution in [0.1, 0.15) is 43.2 Å². The van der Waals surface area contributed by atoms with Crippen LogP contribution >= 0.6 is 0 Å². The van der Waals surface area contributed by atoms with Crippen LogP contribution in [-0.2, 0) is 4.79 Å². The van der Waals surface area contributed by atoms with Crippen LogP contribution in [0.25, 0.3) is 11.4 Å². The molecule has 0 aliphatic carbocycles. The second-order valence-corrected chi connectivity index (χ2v) is 7.82. The minimum atomic E-state index is -0.103. The lowest BCUT2D eigenvalue weighted by atomic mass is 10.1. The molecule has 0 N–H and O–H groups in total. The van der Waals surface area contributed by atoms with E-state index < -0.39 is 0 Å². The van der Waals surface area contributed by atoms with Crippen molar-refractivity contribution in [2.45, 2.75) is 46.1 Å². The summed E-state index contributed by atoms with van der Waals surface area (Å²) in [7, 11) is 0. The van der Waals surface area contributed by atoms with Crippen LogP contribution in [0.4, 0.5) is 5.69 Å². The van der Waals surface area contributed by atoms with E-state index in [0.29, 0.717) is 24.7 Å². The molecule has 150 valence electrons. The van der Waals surface area contributed by atoms with Crippen molar-refractivity contribution in [3.63, 3.8) is 0 Å². The Balaban J connectivity index is 1.49. The van der Waals surface area contributed by atoms with Crippen molar-refractivity contribution in [1.29, 1.82) is 0 Å². The van der Waals surface area contributed by atoms with Crippen LogP contribution in [-0.4, -0.2) is 28.7 Å². The summed E-state index contributed by atoms with van der Waals surface area (Å²) in [6.45, 7) is 8.64. The number of carbonyl (C=O) groups excluding carboxylic acids is 1. The van der Waals surface area contributed by atoms with E-state index in [0.717, 1.165) is 17.0 Å². The molecule has 0 saturated carbocycles. The third-order valence-corrected chi connectivity index (χ3v) is 5.20. The molecule has 0 radical (unpaired) electrons. The van der Waals surface area contributed by atoms with Gasteiger partial charge in [0.05, 0.1) is 12.0 Å². The summed E-state index contributed by atoms with van der Waals surface area (Å²) in [4.78, 5) is 18.9. The normalized spacial score (nSPS) is 16.7. The number of hydrogen-bond donors (Lipinski definition) is 0. The smallest absolute Gasteiger partial charge is 0.232 e. The van der Waals surface area contributed by atoms with E-state index in [1.807, 2.05) is 50.2 Å². The van der Waals surface area contributed by atoms with Crippen molar-refractivity contribution >= 4 is 11.6 Å². The van der Waals surface area contributed by atoms with Gasteiger partial charge in [-0.15, -0.1) is 0 Å². The fraction of sp³-hybridized carbons (Fsp3) is 0.348. The highest BCUT2D eigenvalue weighted by atomic mass is 16.5. The van der Waals surface area contributed by atoms with Gasteiger partial charge < -0.3 is 14.2 Å². The van der Waals surface area contributed by atoms with Crippen molar-refractivity contribution in [2.24, 2.45) is 0 Å². The van der Waals surface area contributed by atoms with Gasteiger partial charge in [0.15, 0.2) is 0 Å². The minimum Gasteiger partial charge on any atom is -0.491 e. The number of ether oxygens (including phenoxy) is 1. The van der Waals surface area contributed by atoms with Gasteiger partial charge in [0.1, 0.15) is 5.75 Å². The van der Waals surface area contributed by atoms with Crippen LogP contribution in [0.15, 0.2) is 47.0 Å². The zero-order chi connectivity index (χ0) is 20.5. The lowest BCUT2D eigenvalue weighted by molar-refractivity contribution is -0.117.